The number of aryl methyl sites for hydroxylation is 1. The summed E-state index contributed by atoms with van der Waals surface area (Å²) in [7, 11) is 0. The number of nitrogens with zero attached hydrogens (tertiary/aromatic N) is 4. The molecule has 0 spiro atoms. The van der Waals surface area contributed by atoms with E-state index in [2.05, 4.69) is 9.97 Å². The zero-order valence-electron chi connectivity index (χ0n) is 16.8. The van der Waals surface area contributed by atoms with Crippen molar-refractivity contribution in [2.24, 2.45) is 0 Å². The number of rotatable bonds is 6. The summed E-state index contributed by atoms with van der Waals surface area (Å²) in [5, 5.41) is -0.445. The van der Waals surface area contributed by atoms with Gasteiger partial charge in [0.05, 0.1) is 4.91 Å². The Morgan fingerprint density at radius 3 is 2.53 bits per heavy atom. The van der Waals surface area contributed by atoms with Gasteiger partial charge in [0, 0.05) is 19.6 Å². The molecule has 0 saturated carbocycles. The number of amides is 2. The lowest BCUT2D eigenvalue weighted by Gasteiger charge is -2.13. The van der Waals surface area contributed by atoms with E-state index in [1.165, 1.54) is 34.9 Å². The number of benzene rings is 1. The SMILES string of the molecule is CCn1c(=O)n(CCCN2C(=O)SC(=Cc3ccc(F)cc3)C2=O)c(=O)c2[nH]c(Cl)nc21. The van der Waals surface area contributed by atoms with Crippen LogP contribution in [0.5, 0.6) is 0 Å². The molecule has 32 heavy (non-hydrogen) atoms. The summed E-state index contributed by atoms with van der Waals surface area (Å²) >= 11 is 6.64. The fraction of sp³-hybridized carbons (Fsp3) is 0.250. The predicted octanol–water partition coefficient (Wildman–Crippen LogP) is 2.83. The Kier molecular flexibility index (Phi) is 6.02. The zero-order chi connectivity index (χ0) is 23.0. The lowest BCUT2D eigenvalue weighted by atomic mass is 10.2. The first-order chi connectivity index (χ1) is 15.3. The zero-order valence-corrected chi connectivity index (χ0v) is 18.4. The summed E-state index contributed by atoms with van der Waals surface area (Å²) in [6, 6.07) is 5.54. The Bertz CT molecular complexity index is 1380. The molecule has 2 aromatic heterocycles. The normalized spacial score (nSPS) is 15.5. The van der Waals surface area contributed by atoms with E-state index in [4.69, 9.17) is 11.6 Å². The van der Waals surface area contributed by atoms with Gasteiger partial charge in [-0.15, -0.1) is 0 Å². The molecule has 1 aliphatic heterocycles. The lowest BCUT2D eigenvalue weighted by Crippen LogP contribution is -2.41. The molecular weight excluding hydrogens is 461 g/mol. The number of halogens is 2. The van der Waals surface area contributed by atoms with Crippen LogP contribution in [0, 0.1) is 5.82 Å². The van der Waals surface area contributed by atoms with Gasteiger partial charge in [0.1, 0.15) is 5.82 Å². The molecule has 0 unspecified atom stereocenters. The van der Waals surface area contributed by atoms with Crippen molar-refractivity contribution in [2.75, 3.05) is 6.54 Å². The number of fused-ring (bicyclic) bond motifs is 1. The van der Waals surface area contributed by atoms with Crippen LogP contribution in [0.3, 0.4) is 0 Å². The highest BCUT2D eigenvalue weighted by atomic mass is 35.5. The summed E-state index contributed by atoms with van der Waals surface area (Å²) < 4.78 is 15.4. The van der Waals surface area contributed by atoms with Gasteiger partial charge in [0.25, 0.3) is 16.7 Å². The van der Waals surface area contributed by atoms with Gasteiger partial charge in [-0.1, -0.05) is 12.1 Å². The van der Waals surface area contributed by atoms with Crippen LogP contribution in [0.15, 0.2) is 38.8 Å². The van der Waals surface area contributed by atoms with E-state index >= 15 is 0 Å². The molecule has 0 aliphatic carbocycles. The molecule has 1 aromatic carbocycles. The molecular formula is C20H17ClFN5O4S. The fourth-order valence-electron chi connectivity index (χ4n) is 3.41. The summed E-state index contributed by atoms with van der Waals surface area (Å²) in [4.78, 5) is 58.3. The largest absolute Gasteiger partial charge is 0.332 e. The second-order valence-corrected chi connectivity index (χ2v) is 8.30. The molecule has 4 rings (SSSR count). The number of nitrogens with one attached hydrogen (secondary N) is 1. The number of H-pyrrole nitrogens is 1. The van der Waals surface area contributed by atoms with Gasteiger partial charge in [-0.3, -0.25) is 28.4 Å². The monoisotopic (exact) mass is 477 g/mol. The molecule has 1 aliphatic rings. The van der Waals surface area contributed by atoms with E-state index in [-0.39, 0.29) is 47.4 Å². The van der Waals surface area contributed by atoms with E-state index in [0.717, 1.165) is 21.2 Å². The molecule has 3 aromatic rings. The number of carbonyl (C=O) groups excluding carboxylic acids is 2. The molecule has 0 radical (unpaired) electrons. The van der Waals surface area contributed by atoms with E-state index in [1.807, 2.05) is 0 Å². The van der Waals surface area contributed by atoms with Gasteiger partial charge in [-0.05, 0) is 60.5 Å². The van der Waals surface area contributed by atoms with E-state index in [9.17, 15) is 23.6 Å². The minimum atomic E-state index is -0.570. The maximum Gasteiger partial charge on any atom is 0.332 e. The van der Waals surface area contributed by atoms with Crippen molar-refractivity contribution in [3.05, 3.63) is 66.7 Å². The number of thioether (sulfide) groups is 1. The second-order valence-electron chi connectivity index (χ2n) is 6.95. The summed E-state index contributed by atoms with van der Waals surface area (Å²) in [5.41, 5.74) is -0.224. The number of hydrogen-bond donors (Lipinski definition) is 1. The average Bonchev–Trinajstić information content (AvgIpc) is 3.27. The van der Waals surface area contributed by atoms with Crippen LogP contribution in [0.2, 0.25) is 5.28 Å². The number of imidazole rings is 1. The van der Waals surface area contributed by atoms with Crippen LogP contribution in [-0.2, 0) is 17.9 Å². The Labute approximate surface area is 189 Å². The molecule has 0 atom stereocenters. The van der Waals surface area contributed by atoms with Crippen LogP contribution in [0.4, 0.5) is 9.18 Å². The Balaban J connectivity index is 1.51. The third kappa shape index (κ3) is 4.00. The molecule has 9 nitrogen and oxygen atoms in total. The number of carbonyl (C=O) groups is 2. The molecule has 1 fully saturated rings. The Morgan fingerprint density at radius 1 is 1.12 bits per heavy atom. The number of aromatic nitrogens is 4. The first-order valence-electron chi connectivity index (χ1n) is 9.70. The maximum atomic E-state index is 13.1. The van der Waals surface area contributed by atoms with Crippen molar-refractivity contribution in [1.82, 2.24) is 24.0 Å². The van der Waals surface area contributed by atoms with Gasteiger partial charge in [0.15, 0.2) is 11.2 Å². The van der Waals surface area contributed by atoms with Crippen molar-refractivity contribution in [3.8, 4) is 0 Å². The molecule has 12 heteroatoms. The first-order valence-corrected chi connectivity index (χ1v) is 10.9. The van der Waals surface area contributed by atoms with Crippen molar-refractivity contribution >= 4 is 51.7 Å². The minimum Gasteiger partial charge on any atom is -0.323 e. The quantitative estimate of drug-likeness (QED) is 0.432. The molecule has 0 bridgehead atoms. The van der Waals surface area contributed by atoms with Crippen molar-refractivity contribution in [3.63, 3.8) is 0 Å². The van der Waals surface area contributed by atoms with E-state index in [1.54, 1.807) is 6.92 Å². The highest BCUT2D eigenvalue weighted by molar-refractivity contribution is 8.18. The topological polar surface area (TPSA) is 110 Å². The third-order valence-corrected chi connectivity index (χ3v) is 6.04. The number of aromatic amines is 1. The van der Waals surface area contributed by atoms with E-state index in [0.29, 0.717) is 5.56 Å². The van der Waals surface area contributed by atoms with Crippen LogP contribution >= 0.6 is 23.4 Å². The maximum absolute atomic E-state index is 13.1. The van der Waals surface area contributed by atoms with Gasteiger partial charge < -0.3 is 4.98 Å². The smallest absolute Gasteiger partial charge is 0.323 e. The fourth-order valence-corrected chi connectivity index (χ4v) is 4.45. The van der Waals surface area contributed by atoms with Gasteiger partial charge in [-0.25, -0.2) is 9.18 Å². The van der Waals surface area contributed by atoms with Crippen molar-refractivity contribution in [2.45, 2.75) is 26.4 Å². The van der Waals surface area contributed by atoms with Gasteiger partial charge in [0.2, 0.25) is 5.28 Å². The summed E-state index contributed by atoms with van der Waals surface area (Å²) in [6.07, 6.45) is 1.72. The van der Waals surface area contributed by atoms with Gasteiger partial charge in [-0.2, -0.15) is 4.98 Å². The highest BCUT2D eigenvalue weighted by Gasteiger charge is 2.34. The average molecular weight is 478 g/mol. The van der Waals surface area contributed by atoms with E-state index < -0.39 is 28.2 Å². The molecule has 2 amide bonds. The van der Waals surface area contributed by atoms with Crippen LogP contribution in [-0.4, -0.2) is 41.7 Å². The van der Waals surface area contributed by atoms with Crippen LogP contribution in [0.1, 0.15) is 18.9 Å². The Morgan fingerprint density at radius 2 is 1.84 bits per heavy atom. The second kappa shape index (κ2) is 8.75. The third-order valence-electron chi connectivity index (χ3n) is 4.95. The lowest BCUT2D eigenvalue weighted by molar-refractivity contribution is -0.122. The van der Waals surface area contributed by atoms with Gasteiger partial charge >= 0.3 is 5.69 Å². The predicted molar refractivity (Wildman–Crippen MR) is 119 cm³/mol. The Hall–Kier alpha value is -3.18. The van der Waals surface area contributed by atoms with Crippen LogP contribution < -0.4 is 11.2 Å². The number of imide groups is 1. The number of hydrogen-bond acceptors (Lipinski definition) is 6. The van der Waals surface area contributed by atoms with Crippen LogP contribution in [0.25, 0.3) is 17.2 Å². The molecule has 1 N–H and O–H groups in total. The standard InChI is InChI=1S/C20H17ClFN5O4S/c1-2-25-15-14(23-18(21)24-15)17(29)26(19(25)30)8-3-9-27-16(28)13(32-20(27)31)10-11-4-6-12(22)7-5-11/h4-7,10H,2-3,8-9H2,1H3,(H,23,24). The molecule has 3 heterocycles. The first kappa shape index (κ1) is 22.0. The van der Waals surface area contributed by atoms with Crippen molar-refractivity contribution < 1.29 is 14.0 Å². The highest BCUT2D eigenvalue weighted by Crippen LogP contribution is 2.32. The summed E-state index contributed by atoms with van der Waals surface area (Å²) in [6.45, 7) is 2.06. The molecule has 1 saturated heterocycles. The molecule has 166 valence electrons. The minimum absolute atomic E-state index is 0.00204. The summed E-state index contributed by atoms with van der Waals surface area (Å²) in [5.74, 6) is -0.873. The van der Waals surface area contributed by atoms with Crippen molar-refractivity contribution in [1.29, 1.82) is 0 Å².